The Morgan fingerprint density at radius 1 is 1.04 bits per heavy atom. The molecule has 0 aromatic heterocycles. The molecule has 2 aliphatic heterocycles. The summed E-state index contributed by atoms with van der Waals surface area (Å²) in [7, 11) is 0. The molecule has 148 valence electrons. The van der Waals surface area contributed by atoms with Crippen LogP contribution in [-0.2, 0) is 20.9 Å². The third-order valence-corrected chi connectivity index (χ3v) is 5.27. The van der Waals surface area contributed by atoms with E-state index < -0.39 is 36.0 Å². The van der Waals surface area contributed by atoms with Gasteiger partial charge in [-0.3, -0.25) is 4.79 Å². The van der Waals surface area contributed by atoms with Gasteiger partial charge >= 0.3 is 5.97 Å². The molecule has 0 aliphatic carbocycles. The van der Waals surface area contributed by atoms with Crippen molar-refractivity contribution in [3.05, 3.63) is 65.7 Å². The lowest BCUT2D eigenvalue weighted by atomic mass is 9.82. The van der Waals surface area contributed by atoms with Gasteiger partial charge in [-0.25, -0.2) is 0 Å². The molecular weight excluding hydrogens is 364 g/mol. The SMILES string of the molecule is O=C1C[C@@H](c2ccc(OCc3ccccc3)cc2)[C@]2(OC[C@@H](O)[C@H](O)[C@@H]2O)O1. The van der Waals surface area contributed by atoms with Gasteiger partial charge in [-0.15, -0.1) is 0 Å². The molecule has 0 bridgehead atoms. The van der Waals surface area contributed by atoms with Gasteiger partial charge in [0.25, 0.3) is 0 Å². The molecule has 2 aromatic rings. The van der Waals surface area contributed by atoms with Crippen LogP contribution in [0.15, 0.2) is 54.6 Å². The highest BCUT2D eigenvalue weighted by atomic mass is 16.7. The quantitative estimate of drug-likeness (QED) is 0.676. The van der Waals surface area contributed by atoms with Gasteiger partial charge in [-0.2, -0.15) is 0 Å². The van der Waals surface area contributed by atoms with Crippen LogP contribution in [0.4, 0.5) is 0 Å². The Morgan fingerprint density at radius 2 is 1.75 bits per heavy atom. The average Bonchev–Trinajstić information content (AvgIpc) is 3.06. The number of ether oxygens (including phenoxy) is 3. The average molecular weight is 386 g/mol. The summed E-state index contributed by atoms with van der Waals surface area (Å²) in [6.45, 7) is 0.196. The van der Waals surface area contributed by atoms with E-state index in [4.69, 9.17) is 14.2 Å². The molecule has 3 N–H and O–H groups in total. The Kier molecular flexibility index (Phi) is 5.07. The van der Waals surface area contributed by atoms with Gasteiger partial charge in [0.1, 0.15) is 30.7 Å². The minimum Gasteiger partial charge on any atom is -0.489 e. The molecule has 2 aliphatic rings. The number of benzene rings is 2. The molecule has 0 radical (unpaired) electrons. The van der Waals surface area contributed by atoms with E-state index >= 15 is 0 Å². The molecule has 2 heterocycles. The summed E-state index contributed by atoms with van der Waals surface area (Å²) in [4.78, 5) is 12.0. The van der Waals surface area contributed by atoms with Crippen molar-refractivity contribution in [2.45, 2.75) is 43.0 Å². The smallest absolute Gasteiger partial charge is 0.309 e. The number of rotatable bonds is 4. The zero-order valence-electron chi connectivity index (χ0n) is 15.1. The first kappa shape index (κ1) is 18.9. The first-order valence-electron chi connectivity index (χ1n) is 9.16. The van der Waals surface area contributed by atoms with Crippen molar-refractivity contribution >= 4 is 5.97 Å². The van der Waals surface area contributed by atoms with Crippen LogP contribution in [0.2, 0.25) is 0 Å². The number of carbonyl (C=O) groups excluding carboxylic acids is 1. The fourth-order valence-electron chi connectivity index (χ4n) is 3.73. The number of carbonyl (C=O) groups is 1. The molecule has 0 unspecified atom stereocenters. The molecule has 2 saturated heterocycles. The first-order chi connectivity index (χ1) is 13.5. The first-order valence-corrected chi connectivity index (χ1v) is 9.16. The molecule has 5 atom stereocenters. The third kappa shape index (κ3) is 3.38. The van der Waals surface area contributed by atoms with Crippen molar-refractivity contribution in [2.24, 2.45) is 0 Å². The summed E-state index contributed by atoms with van der Waals surface area (Å²) in [5, 5.41) is 30.2. The van der Waals surface area contributed by atoms with Crippen molar-refractivity contribution in [1.82, 2.24) is 0 Å². The fourth-order valence-corrected chi connectivity index (χ4v) is 3.73. The minimum absolute atomic E-state index is 0.00406. The van der Waals surface area contributed by atoms with Crippen LogP contribution < -0.4 is 4.74 Å². The Balaban J connectivity index is 1.52. The van der Waals surface area contributed by atoms with Crippen molar-refractivity contribution in [1.29, 1.82) is 0 Å². The molecular formula is C21H22O7. The van der Waals surface area contributed by atoms with Gasteiger partial charge in [0, 0.05) is 0 Å². The van der Waals surface area contributed by atoms with Crippen molar-refractivity contribution in [3.63, 3.8) is 0 Å². The van der Waals surface area contributed by atoms with Crippen LogP contribution in [-0.4, -0.2) is 52.0 Å². The maximum Gasteiger partial charge on any atom is 0.309 e. The number of aliphatic hydroxyl groups is 3. The van der Waals surface area contributed by atoms with Crippen LogP contribution in [0.25, 0.3) is 0 Å². The maximum absolute atomic E-state index is 12.0. The number of aliphatic hydroxyl groups excluding tert-OH is 3. The van der Waals surface area contributed by atoms with Gasteiger partial charge < -0.3 is 29.5 Å². The molecule has 2 aromatic carbocycles. The van der Waals surface area contributed by atoms with E-state index in [1.807, 2.05) is 30.3 Å². The van der Waals surface area contributed by atoms with Crippen LogP contribution in [0, 0.1) is 0 Å². The van der Waals surface area contributed by atoms with E-state index in [0.29, 0.717) is 17.9 Å². The molecule has 0 amide bonds. The van der Waals surface area contributed by atoms with Crippen LogP contribution in [0.1, 0.15) is 23.5 Å². The van der Waals surface area contributed by atoms with Crippen LogP contribution >= 0.6 is 0 Å². The highest BCUT2D eigenvalue weighted by Crippen LogP contribution is 2.47. The molecule has 0 saturated carbocycles. The Morgan fingerprint density at radius 3 is 2.46 bits per heavy atom. The monoisotopic (exact) mass is 386 g/mol. The molecule has 1 spiro atoms. The lowest BCUT2D eigenvalue weighted by Gasteiger charge is -2.44. The number of hydrogen-bond donors (Lipinski definition) is 3. The molecule has 7 nitrogen and oxygen atoms in total. The Hall–Kier alpha value is -2.45. The second-order valence-electron chi connectivity index (χ2n) is 7.11. The fraction of sp³-hybridized carbons (Fsp3) is 0.381. The van der Waals surface area contributed by atoms with E-state index in [1.54, 1.807) is 24.3 Å². The van der Waals surface area contributed by atoms with E-state index in [9.17, 15) is 20.1 Å². The summed E-state index contributed by atoms with van der Waals surface area (Å²) in [6.07, 6.45) is -4.25. The lowest BCUT2D eigenvalue weighted by Crippen LogP contribution is -2.62. The minimum atomic E-state index is -1.71. The van der Waals surface area contributed by atoms with E-state index in [0.717, 1.165) is 5.56 Å². The lowest BCUT2D eigenvalue weighted by molar-refractivity contribution is -0.320. The maximum atomic E-state index is 12.0. The highest BCUT2D eigenvalue weighted by molar-refractivity contribution is 5.74. The standard InChI is InChI=1S/C21H22O7/c22-17-12-27-21(20(25)19(17)24)16(10-18(23)28-21)14-6-8-15(9-7-14)26-11-13-4-2-1-3-5-13/h1-9,16-17,19-20,22,24-25H,10-12H2/t16-,17+,19-,20-,21-/m0/s1. The zero-order chi connectivity index (χ0) is 19.7. The highest BCUT2D eigenvalue weighted by Gasteiger charge is 2.61. The van der Waals surface area contributed by atoms with E-state index in [1.165, 1.54) is 0 Å². The zero-order valence-corrected chi connectivity index (χ0v) is 15.1. The largest absolute Gasteiger partial charge is 0.489 e. The predicted molar refractivity (Wildman–Crippen MR) is 97.4 cm³/mol. The summed E-state index contributed by atoms with van der Waals surface area (Å²) in [6, 6.07) is 16.9. The summed E-state index contributed by atoms with van der Waals surface area (Å²) >= 11 is 0. The number of esters is 1. The predicted octanol–water partition coefficient (Wildman–Crippen LogP) is 1.11. The molecule has 2 fully saturated rings. The topological polar surface area (TPSA) is 105 Å². The van der Waals surface area contributed by atoms with Gasteiger partial charge in [-0.05, 0) is 23.3 Å². The molecule has 4 rings (SSSR count). The van der Waals surface area contributed by atoms with Gasteiger partial charge in [-0.1, -0.05) is 42.5 Å². The van der Waals surface area contributed by atoms with Gasteiger partial charge in [0.15, 0.2) is 0 Å². The second-order valence-corrected chi connectivity index (χ2v) is 7.11. The third-order valence-electron chi connectivity index (χ3n) is 5.27. The van der Waals surface area contributed by atoms with Gasteiger partial charge in [0.05, 0.1) is 18.9 Å². The van der Waals surface area contributed by atoms with E-state index in [2.05, 4.69) is 0 Å². The van der Waals surface area contributed by atoms with Crippen molar-refractivity contribution in [2.75, 3.05) is 6.61 Å². The van der Waals surface area contributed by atoms with Crippen molar-refractivity contribution < 1.29 is 34.3 Å². The van der Waals surface area contributed by atoms with Crippen LogP contribution in [0.5, 0.6) is 5.75 Å². The summed E-state index contributed by atoms with van der Waals surface area (Å²) < 4.78 is 16.6. The molecule has 7 heteroatoms. The van der Waals surface area contributed by atoms with Crippen molar-refractivity contribution in [3.8, 4) is 5.75 Å². The molecule has 28 heavy (non-hydrogen) atoms. The second kappa shape index (κ2) is 7.52. The number of hydrogen-bond acceptors (Lipinski definition) is 7. The Labute approximate surface area is 162 Å². The summed E-state index contributed by atoms with van der Waals surface area (Å²) in [5.74, 6) is -2.19. The van der Waals surface area contributed by atoms with Crippen LogP contribution in [0.3, 0.4) is 0 Å². The van der Waals surface area contributed by atoms with E-state index in [-0.39, 0.29) is 13.0 Å². The van der Waals surface area contributed by atoms with Gasteiger partial charge in [0.2, 0.25) is 5.79 Å². The summed E-state index contributed by atoms with van der Waals surface area (Å²) in [5.41, 5.74) is 1.76. The normalized spacial score (nSPS) is 32.3. The Bertz CT molecular complexity index is 822.